The second-order valence-electron chi connectivity index (χ2n) is 18.8. The lowest BCUT2D eigenvalue weighted by atomic mass is 10.4. The van der Waals surface area contributed by atoms with Gasteiger partial charge in [0.05, 0.1) is 317 Å². The summed E-state index contributed by atoms with van der Waals surface area (Å²) in [6, 6.07) is 0. The number of hydrogen-bond donors (Lipinski definition) is 2. The lowest BCUT2D eigenvalue weighted by molar-refractivity contribution is -0.0280. The minimum Gasteiger partial charge on any atom is -0.382 e. The van der Waals surface area contributed by atoms with Crippen LogP contribution in [-0.4, -0.2) is 347 Å². The summed E-state index contributed by atoms with van der Waals surface area (Å²) in [5.74, 6) is 0. The molecule has 0 aromatic carbocycles. The van der Waals surface area contributed by atoms with Crippen molar-refractivity contribution >= 4 is 22.3 Å². The van der Waals surface area contributed by atoms with Crippen molar-refractivity contribution < 1.29 is 114 Å². The predicted octanol–water partition coefficient (Wildman–Crippen LogP) is -1.86. The van der Waals surface area contributed by atoms with E-state index in [-0.39, 0.29) is 75.1 Å². The standard InChI is InChI=1S/C58H104N6O28/c1-69-7-9-73-15-17-77-23-25-81-31-33-85-39-41-89-47-49-91-45-43-87-37-35-83-29-27-79-21-19-75-13-11-71-5-3-63-53-51(55(65)61-57(63)67)60-54-52(59-53)56(66)62-58(68)64(54)4-6-72-12-14-76-20-22-80-28-30-84-36-38-88-44-46-92-50-48-90-42-40-86-34-32-82-26-24-78-18-16-74-10-8-70-2/h3-50H2,1-2H3,(H,61,65,67)(H,62,66,68). The number of nitrogens with one attached hydrogen (secondary N) is 2. The van der Waals surface area contributed by atoms with E-state index in [0.29, 0.717) is 264 Å². The van der Waals surface area contributed by atoms with Gasteiger partial charge in [-0.05, 0) is 0 Å². The van der Waals surface area contributed by atoms with Gasteiger partial charge in [0.15, 0.2) is 22.3 Å². The predicted molar refractivity (Wildman–Crippen MR) is 329 cm³/mol. The molecule has 0 unspecified atom stereocenters. The number of fused-ring (bicyclic) bond motifs is 2. The third-order valence-electron chi connectivity index (χ3n) is 12.0. The van der Waals surface area contributed by atoms with Gasteiger partial charge in [0.2, 0.25) is 0 Å². The van der Waals surface area contributed by atoms with Crippen LogP contribution in [0.5, 0.6) is 0 Å². The largest absolute Gasteiger partial charge is 0.382 e. The van der Waals surface area contributed by atoms with Crippen molar-refractivity contribution in [1.29, 1.82) is 0 Å². The van der Waals surface area contributed by atoms with Gasteiger partial charge in [-0.2, -0.15) is 0 Å². The normalized spacial score (nSPS) is 11.8. The summed E-state index contributed by atoms with van der Waals surface area (Å²) < 4.78 is 133. The Labute approximate surface area is 536 Å². The highest BCUT2D eigenvalue weighted by molar-refractivity contribution is 5.81. The summed E-state index contributed by atoms with van der Waals surface area (Å²) in [6.45, 7) is 19.4. The van der Waals surface area contributed by atoms with E-state index in [1.165, 1.54) is 0 Å². The van der Waals surface area contributed by atoms with Crippen molar-refractivity contribution in [3.05, 3.63) is 41.7 Å². The Morgan fingerprint density at radius 1 is 0.228 bits per heavy atom. The highest BCUT2D eigenvalue weighted by Crippen LogP contribution is 2.09. The molecule has 0 spiro atoms. The van der Waals surface area contributed by atoms with Crippen LogP contribution in [0.25, 0.3) is 22.3 Å². The van der Waals surface area contributed by atoms with Gasteiger partial charge in [-0.25, -0.2) is 19.6 Å². The van der Waals surface area contributed by atoms with Gasteiger partial charge >= 0.3 is 11.4 Å². The second kappa shape index (κ2) is 61.8. The zero-order chi connectivity index (χ0) is 65.5. The molecule has 0 aliphatic rings. The van der Waals surface area contributed by atoms with E-state index in [0.717, 1.165) is 9.13 Å². The maximum atomic E-state index is 12.9. The molecule has 3 heterocycles. The Morgan fingerprint density at radius 3 is 0.522 bits per heavy atom. The molecule has 34 heteroatoms. The van der Waals surface area contributed by atoms with Crippen LogP contribution in [0, 0.1) is 0 Å². The lowest BCUT2D eigenvalue weighted by Crippen LogP contribution is -2.35. The summed E-state index contributed by atoms with van der Waals surface area (Å²) in [5.41, 5.74) is -4.01. The third-order valence-corrected chi connectivity index (χ3v) is 12.0. The highest BCUT2D eigenvalue weighted by atomic mass is 16.6. The van der Waals surface area contributed by atoms with Gasteiger partial charge in [0.1, 0.15) is 0 Å². The Bertz CT molecular complexity index is 2230. The summed E-state index contributed by atoms with van der Waals surface area (Å²) in [7, 11) is 3.27. The first kappa shape index (κ1) is 82.2. The average Bonchev–Trinajstić information content (AvgIpc) is 0.756. The number of ether oxygens (including phenoxy) is 24. The SMILES string of the molecule is COCCOCCOCCOCCOCCOCCOCCOCCOCCOCCOCCOCCn1c(=O)[nH]c(=O)c2nc3c(nc21)c(=O)[nH]c(=O)n3CCOCCOCCOCCOCCOCCOCCOCCOCCOCCOCCOCCOC. The molecule has 34 nitrogen and oxygen atoms in total. The van der Waals surface area contributed by atoms with Crippen LogP contribution in [0.15, 0.2) is 19.2 Å². The number of aromatic amines is 2. The van der Waals surface area contributed by atoms with E-state index in [9.17, 15) is 19.2 Å². The van der Waals surface area contributed by atoms with E-state index < -0.39 is 22.5 Å². The molecule has 0 aliphatic heterocycles. The van der Waals surface area contributed by atoms with E-state index in [1.54, 1.807) is 14.2 Å². The fourth-order valence-electron chi connectivity index (χ4n) is 7.35. The van der Waals surface area contributed by atoms with Gasteiger partial charge in [0.25, 0.3) is 11.1 Å². The summed E-state index contributed by atoms with van der Waals surface area (Å²) in [4.78, 5) is 64.7. The Morgan fingerprint density at radius 2 is 0.370 bits per heavy atom. The molecule has 0 radical (unpaired) electrons. The van der Waals surface area contributed by atoms with Crippen molar-refractivity contribution in [3.8, 4) is 0 Å². The summed E-state index contributed by atoms with van der Waals surface area (Å²) in [6.07, 6.45) is 0. The number of rotatable bonds is 72. The topological polar surface area (TPSA) is 357 Å². The van der Waals surface area contributed by atoms with Gasteiger partial charge in [-0.1, -0.05) is 0 Å². The van der Waals surface area contributed by atoms with Gasteiger partial charge in [-0.15, -0.1) is 0 Å². The Balaban J connectivity index is 1.08. The zero-order valence-electron chi connectivity index (χ0n) is 54.2. The molecule has 92 heavy (non-hydrogen) atoms. The monoisotopic (exact) mass is 1330 g/mol. The molecule has 3 aromatic rings. The number of methoxy groups -OCH3 is 2. The Hall–Kier alpha value is -4.00. The fourth-order valence-corrected chi connectivity index (χ4v) is 7.35. The van der Waals surface area contributed by atoms with Crippen molar-refractivity contribution in [2.24, 2.45) is 0 Å². The number of hydrogen-bond acceptors (Lipinski definition) is 30. The highest BCUT2D eigenvalue weighted by Gasteiger charge is 2.18. The Kier molecular flexibility index (Phi) is 55.3. The maximum Gasteiger partial charge on any atom is 0.330 e. The first-order valence-electron chi connectivity index (χ1n) is 31.3. The molecule has 3 rings (SSSR count). The molecular weight excluding hydrogens is 1230 g/mol. The number of nitrogens with zero attached hydrogens (tertiary/aromatic N) is 4. The third kappa shape index (κ3) is 44.6. The average molecular weight is 1330 g/mol. The molecule has 0 amide bonds. The van der Waals surface area contributed by atoms with Crippen molar-refractivity contribution in [3.63, 3.8) is 0 Å². The molecule has 0 bridgehead atoms. The summed E-state index contributed by atoms with van der Waals surface area (Å²) in [5, 5.41) is 0. The van der Waals surface area contributed by atoms with Crippen LogP contribution in [0.3, 0.4) is 0 Å². The van der Waals surface area contributed by atoms with Gasteiger partial charge in [0, 0.05) is 14.2 Å². The van der Waals surface area contributed by atoms with Gasteiger partial charge < -0.3 is 114 Å². The number of H-pyrrole nitrogens is 2. The van der Waals surface area contributed by atoms with Crippen LogP contribution in [0.4, 0.5) is 0 Å². The maximum absolute atomic E-state index is 12.9. The lowest BCUT2D eigenvalue weighted by Gasteiger charge is -2.12. The van der Waals surface area contributed by atoms with E-state index in [2.05, 4.69) is 19.9 Å². The van der Waals surface area contributed by atoms with Crippen molar-refractivity contribution in [2.75, 3.05) is 318 Å². The van der Waals surface area contributed by atoms with Crippen LogP contribution >= 0.6 is 0 Å². The fraction of sp³-hybridized carbons (Fsp3) is 0.862. The molecular formula is C58H104N6O28. The molecule has 0 fully saturated rings. The van der Waals surface area contributed by atoms with Crippen LogP contribution in [0.2, 0.25) is 0 Å². The molecule has 3 aromatic heterocycles. The zero-order valence-corrected chi connectivity index (χ0v) is 54.2. The molecule has 0 saturated carbocycles. The van der Waals surface area contributed by atoms with Crippen molar-refractivity contribution in [2.45, 2.75) is 13.1 Å². The molecule has 534 valence electrons. The van der Waals surface area contributed by atoms with E-state index in [4.69, 9.17) is 114 Å². The van der Waals surface area contributed by atoms with Gasteiger partial charge in [-0.3, -0.25) is 28.7 Å². The summed E-state index contributed by atoms with van der Waals surface area (Å²) >= 11 is 0. The van der Waals surface area contributed by atoms with E-state index >= 15 is 0 Å². The number of aromatic nitrogens is 6. The van der Waals surface area contributed by atoms with Crippen LogP contribution in [0.1, 0.15) is 0 Å². The molecule has 0 atom stereocenters. The second-order valence-corrected chi connectivity index (χ2v) is 18.8. The minimum absolute atomic E-state index is 0.0323. The quantitative estimate of drug-likeness (QED) is 0.0462. The van der Waals surface area contributed by atoms with Crippen LogP contribution in [-0.2, 0) is 127 Å². The molecule has 0 aliphatic carbocycles. The first-order valence-corrected chi connectivity index (χ1v) is 31.3. The smallest absolute Gasteiger partial charge is 0.330 e. The van der Waals surface area contributed by atoms with Crippen molar-refractivity contribution in [1.82, 2.24) is 29.1 Å². The molecule has 2 N–H and O–H groups in total. The van der Waals surface area contributed by atoms with E-state index in [1.807, 2.05) is 0 Å². The van der Waals surface area contributed by atoms with Crippen LogP contribution < -0.4 is 22.5 Å². The minimum atomic E-state index is -0.838. The molecule has 0 saturated heterocycles. The first-order chi connectivity index (χ1) is 45.5.